The minimum absolute atomic E-state index is 0.0236. The number of hydrogen-bond acceptors (Lipinski definition) is 7. The molecule has 9 nitrogen and oxygen atoms in total. The van der Waals surface area contributed by atoms with Gasteiger partial charge in [0.2, 0.25) is 21.8 Å². The molecule has 172 valence electrons. The van der Waals surface area contributed by atoms with Gasteiger partial charge in [0.1, 0.15) is 0 Å². The normalized spacial score (nSPS) is 17.8. The van der Waals surface area contributed by atoms with Crippen LogP contribution in [0, 0.1) is 5.92 Å². The van der Waals surface area contributed by atoms with Crippen molar-refractivity contribution in [2.24, 2.45) is 5.92 Å². The van der Waals surface area contributed by atoms with Crippen LogP contribution in [0.25, 0.3) is 0 Å². The number of nitrogens with one attached hydrogen (secondary N) is 2. The molecule has 2 N–H and O–H groups in total. The largest absolute Gasteiger partial charge is 0.326 e. The molecule has 2 aromatic rings. The zero-order valence-corrected chi connectivity index (χ0v) is 19.5. The van der Waals surface area contributed by atoms with Gasteiger partial charge < -0.3 is 15.5 Å². The average molecular weight is 478 g/mol. The Labute approximate surface area is 191 Å². The fourth-order valence-electron chi connectivity index (χ4n) is 3.54. The van der Waals surface area contributed by atoms with Crippen molar-refractivity contribution in [3.05, 3.63) is 35.3 Å². The highest BCUT2D eigenvalue weighted by Crippen LogP contribution is 2.30. The molecule has 0 radical (unpaired) electrons. The summed E-state index contributed by atoms with van der Waals surface area (Å²) in [6.07, 6.45) is 1.86. The second-order valence-electron chi connectivity index (χ2n) is 8.00. The van der Waals surface area contributed by atoms with E-state index in [9.17, 15) is 18.0 Å². The Hall–Kier alpha value is -2.34. The molecule has 32 heavy (non-hydrogen) atoms. The van der Waals surface area contributed by atoms with Gasteiger partial charge in [-0.3, -0.25) is 9.59 Å². The van der Waals surface area contributed by atoms with Gasteiger partial charge in [-0.2, -0.15) is 4.31 Å². The molecular weight excluding hydrogens is 450 g/mol. The van der Waals surface area contributed by atoms with E-state index < -0.39 is 10.0 Å². The Kier molecular flexibility index (Phi) is 6.89. The first-order valence-corrected chi connectivity index (χ1v) is 13.0. The second kappa shape index (κ2) is 9.65. The molecule has 2 fully saturated rings. The van der Waals surface area contributed by atoms with Gasteiger partial charge in [-0.1, -0.05) is 13.0 Å². The molecule has 1 saturated carbocycles. The Balaban J connectivity index is 1.35. The molecule has 1 aliphatic carbocycles. The highest BCUT2D eigenvalue weighted by Gasteiger charge is 2.30. The molecule has 1 aliphatic heterocycles. The lowest BCUT2D eigenvalue weighted by Gasteiger charge is -2.33. The number of thiazole rings is 1. The lowest BCUT2D eigenvalue weighted by molar-refractivity contribution is -0.117. The van der Waals surface area contributed by atoms with Crippen molar-refractivity contribution in [3.8, 4) is 0 Å². The Morgan fingerprint density at radius 3 is 2.59 bits per heavy atom. The standard InChI is InChI=1S/C21H27N5O4S2/c1-2-25-8-10-26(11-9-25)32(29,30)18-5-3-4-16(12-18)22-19(27)13-17-14-31-21(23-17)24-20(28)15-6-7-15/h3-5,12,14-15H,2,6-11,13H2,1H3,(H,22,27)(H,23,24,28). The van der Waals surface area contributed by atoms with Gasteiger partial charge in [0.05, 0.1) is 17.0 Å². The minimum atomic E-state index is -3.62. The van der Waals surface area contributed by atoms with Crippen LogP contribution < -0.4 is 10.6 Å². The molecule has 0 bridgehead atoms. The van der Waals surface area contributed by atoms with E-state index in [1.54, 1.807) is 23.6 Å². The molecule has 0 unspecified atom stereocenters. The Morgan fingerprint density at radius 1 is 1.16 bits per heavy atom. The molecule has 1 aromatic carbocycles. The molecule has 2 aliphatic rings. The fourth-order valence-corrected chi connectivity index (χ4v) is 5.72. The average Bonchev–Trinajstić information content (AvgIpc) is 3.55. The first kappa shape index (κ1) is 22.8. The van der Waals surface area contributed by atoms with Gasteiger partial charge in [-0.15, -0.1) is 11.3 Å². The molecule has 2 heterocycles. The van der Waals surface area contributed by atoms with E-state index in [0.717, 1.165) is 19.4 Å². The summed E-state index contributed by atoms with van der Waals surface area (Å²) in [6, 6.07) is 6.32. The summed E-state index contributed by atoms with van der Waals surface area (Å²) in [5.74, 6) is -0.240. The third-order valence-corrected chi connectivity index (χ3v) is 8.31. The Bertz CT molecular complexity index is 1090. The van der Waals surface area contributed by atoms with Crippen LogP contribution in [0.15, 0.2) is 34.5 Å². The van der Waals surface area contributed by atoms with Gasteiger partial charge in [0.25, 0.3) is 0 Å². The summed E-state index contributed by atoms with van der Waals surface area (Å²) in [7, 11) is -3.62. The maximum absolute atomic E-state index is 13.0. The van der Waals surface area contributed by atoms with Gasteiger partial charge >= 0.3 is 0 Å². The number of aromatic nitrogens is 1. The topological polar surface area (TPSA) is 112 Å². The molecule has 1 saturated heterocycles. The van der Waals surface area contributed by atoms with Crippen LogP contribution in [0.1, 0.15) is 25.5 Å². The third-order valence-electron chi connectivity index (χ3n) is 5.61. The SMILES string of the molecule is CCN1CCN(S(=O)(=O)c2cccc(NC(=O)Cc3csc(NC(=O)C4CC4)n3)c2)CC1. The number of hydrogen-bond donors (Lipinski definition) is 2. The number of amides is 2. The predicted molar refractivity (Wildman–Crippen MR) is 123 cm³/mol. The first-order chi connectivity index (χ1) is 15.3. The highest BCUT2D eigenvalue weighted by molar-refractivity contribution is 7.89. The zero-order chi connectivity index (χ0) is 22.7. The van der Waals surface area contributed by atoms with Crippen LogP contribution in [0.5, 0.6) is 0 Å². The summed E-state index contributed by atoms with van der Waals surface area (Å²) < 4.78 is 27.5. The minimum Gasteiger partial charge on any atom is -0.326 e. The Morgan fingerprint density at radius 2 is 1.91 bits per heavy atom. The molecule has 4 rings (SSSR count). The van der Waals surface area contributed by atoms with Crippen LogP contribution in [0.2, 0.25) is 0 Å². The second-order valence-corrected chi connectivity index (χ2v) is 10.8. The van der Waals surface area contributed by atoms with Crippen molar-refractivity contribution >= 4 is 44.0 Å². The molecule has 1 aromatic heterocycles. The van der Waals surface area contributed by atoms with Crippen LogP contribution >= 0.6 is 11.3 Å². The van der Waals surface area contributed by atoms with E-state index in [0.29, 0.717) is 42.7 Å². The van der Waals surface area contributed by atoms with Crippen molar-refractivity contribution in [2.75, 3.05) is 43.4 Å². The molecule has 11 heteroatoms. The van der Waals surface area contributed by atoms with Gasteiger partial charge in [0, 0.05) is 43.2 Å². The highest BCUT2D eigenvalue weighted by atomic mass is 32.2. The van der Waals surface area contributed by atoms with Crippen LogP contribution in [0.4, 0.5) is 10.8 Å². The lowest BCUT2D eigenvalue weighted by atomic mass is 10.3. The van der Waals surface area contributed by atoms with E-state index in [-0.39, 0.29) is 29.0 Å². The molecule has 2 amide bonds. The monoisotopic (exact) mass is 477 g/mol. The number of nitrogens with zero attached hydrogens (tertiary/aromatic N) is 3. The number of benzene rings is 1. The quantitative estimate of drug-likeness (QED) is 0.602. The molecule has 0 spiro atoms. The maximum atomic E-state index is 13.0. The van der Waals surface area contributed by atoms with E-state index in [4.69, 9.17) is 0 Å². The van der Waals surface area contributed by atoms with Gasteiger partial charge in [-0.05, 0) is 37.6 Å². The first-order valence-electron chi connectivity index (χ1n) is 10.7. The predicted octanol–water partition coefficient (Wildman–Crippen LogP) is 2.00. The lowest BCUT2D eigenvalue weighted by Crippen LogP contribution is -2.48. The number of carbonyl (C=O) groups is 2. The van der Waals surface area contributed by atoms with Crippen molar-refractivity contribution < 1.29 is 18.0 Å². The summed E-state index contributed by atoms with van der Waals surface area (Å²) in [5.41, 5.74) is 0.969. The van der Waals surface area contributed by atoms with Crippen molar-refractivity contribution in [3.63, 3.8) is 0 Å². The van der Waals surface area contributed by atoms with E-state index in [1.165, 1.54) is 21.7 Å². The van der Waals surface area contributed by atoms with Crippen LogP contribution in [-0.4, -0.2) is 67.1 Å². The van der Waals surface area contributed by atoms with Crippen molar-refractivity contribution in [2.45, 2.75) is 31.1 Å². The van der Waals surface area contributed by atoms with Gasteiger partial charge in [0.15, 0.2) is 5.13 Å². The summed E-state index contributed by atoms with van der Waals surface area (Å²) in [5, 5.41) is 7.74. The fraction of sp³-hybridized carbons (Fsp3) is 0.476. The molecular formula is C21H27N5O4S2. The summed E-state index contributed by atoms with van der Waals surface area (Å²) in [6.45, 7) is 5.30. The van der Waals surface area contributed by atoms with E-state index in [1.807, 2.05) is 0 Å². The number of likely N-dealkylation sites (N-methyl/N-ethyl adjacent to an activating group) is 1. The van der Waals surface area contributed by atoms with Crippen LogP contribution in [-0.2, 0) is 26.0 Å². The van der Waals surface area contributed by atoms with E-state index >= 15 is 0 Å². The number of carbonyl (C=O) groups excluding carboxylic acids is 2. The number of sulfonamides is 1. The maximum Gasteiger partial charge on any atom is 0.243 e. The third kappa shape index (κ3) is 5.52. The van der Waals surface area contributed by atoms with Crippen molar-refractivity contribution in [1.29, 1.82) is 0 Å². The number of rotatable bonds is 8. The zero-order valence-electron chi connectivity index (χ0n) is 17.9. The smallest absolute Gasteiger partial charge is 0.243 e. The number of anilines is 2. The summed E-state index contributed by atoms with van der Waals surface area (Å²) >= 11 is 1.28. The van der Waals surface area contributed by atoms with Crippen LogP contribution in [0.3, 0.4) is 0 Å². The van der Waals surface area contributed by atoms with E-state index in [2.05, 4.69) is 27.4 Å². The number of piperazine rings is 1. The van der Waals surface area contributed by atoms with Crippen molar-refractivity contribution in [1.82, 2.24) is 14.2 Å². The van der Waals surface area contributed by atoms with Gasteiger partial charge in [-0.25, -0.2) is 13.4 Å². The summed E-state index contributed by atoms with van der Waals surface area (Å²) in [4.78, 5) is 31.0. The molecule has 0 atom stereocenters.